The summed E-state index contributed by atoms with van der Waals surface area (Å²) in [6, 6.07) is 4.69. The minimum absolute atomic E-state index is 0.0670. The number of alkyl halides is 3. The lowest BCUT2D eigenvalue weighted by Gasteiger charge is -2.10. The number of aliphatic hydroxyl groups is 1. The summed E-state index contributed by atoms with van der Waals surface area (Å²) in [4.78, 5) is 0. The topological polar surface area (TPSA) is 55.5 Å². The third kappa shape index (κ3) is 4.72. The average Bonchev–Trinajstić information content (AvgIpc) is 2.28. The molecule has 3 nitrogen and oxygen atoms in total. The Morgan fingerprint density at radius 3 is 2.29 bits per heavy atom. The second-order valence-electron chi connectivity index (χ2n) is 3.60. The van der Waals surface area contributed by atoms with Crippen LogP contribution in [0.25, 0.3) is 0 Å². The molecule has 0 heterocycles. The molecule has 1 rings (SSSR count). The third-order valence-corrected chi connectivity index (χ3v) is 2.13. The standard InChI is InChI=1S/C11H14F3NO2/c12-11(13,14)9-3-1-8(2-4-9)6-17-7-10(16)5-15/h1-4,10,16H,5-7,15H2. The van der Waals surface area contributed by atoms with Crippen molar-refractivity contribution >= 4 is 0 Å². The maximum Gasteiger partial charge on any atom is 0.416 e. The quantitative estimate of drug-likeness (QED) is 0.832. The Morgan fingerprint density at radius 2 is 1.82 bits per heavy atom. The smallest absolute Gasteiger partial charge is 0.389 e. The molecule has 0 radical (unpaired) electrons. The van der Waals surface area contributed by atoms with Crippen LogP contribution >= 0.6 is 0 Å². The molecule has 3 N–H and O–H groups in total. The van der Waals surface area contributed by atoms with E-state index in [9.17, 15) is 13.2 Å². The largest absolute Gasteiger partial charge is 0.416 e. The summed E-state index contributed by atoms with van der Waals surface area (Å²) in [5.41, 5.74) is 5.09. The molecular weight excluding hydrogens is 235 g/mol. The van der Waals surface area contributed by atoms with Gasteiger partial charge in [-0.25, -0.2) is 0 Å². The van der Waals surface area contributed by atoms with Crippen LogP contribution in [-0.2, 0) is 17.5 Å². The van der Waals surface area contributed by atoms with Gasteiger partial charge in [-0.1, -0.05) is 12.1 Å². The van der Waals surface area contributed by atoms with Crippen molar-refractivity contribution in [1.29, 1.82) is 0 Å². The predicted octanol–water partition coefficient (Wildman–Crippen LogP) is 1.54. The molecule has 0 bridgehead atoms. The zero-order chi connectivity index (χ0) is 12.9. The number of hydrogen-bond donors (Lipinski definition) is 2. The molecule has 6 heteroatoms. The van der Waals surface area contributed by atoms with Crippen LogP contribution in [-0.4, -0.2) is 24.4 Å². The third-order valence-electron chi connectivity index (χ3n) is 2.13. The van der Waals surface area contributed by atoms with E-state index in [2.05, 4.69) is 0 Å². The van der Waals surface area contributed by atoms with Crippen molar-refractivity contribution in [2.24, 2.45) is 5.73 Å². The van der Waals surface area contributed by atoms with E-state index in [0.29, 0.717) is 5.56 Å². The van der Waals surface area contributed by atoms with E-state index in [4.69, 9.17) is 15.6 Å². The number of nitrogens with two attached hydrogens (primary N) is 1. The molecule has 0 fully saturated rings. The summed E-state index contributed by atoms with van der Waals surface area (Å²) < 4.78 is 41.8. The van der Waals surface area contributed by atoms with E-state index in [0.717, 1.165) is 12.1 Å². The van der Waals surface area contributed by atoms with Gasteiger partial charge in [-0.05, 0) is 17.7 Å². The van der Waals surface area contributed by atoms with Crippen molar-refractivity contribution in [3.63, 3.8) is 0 Å². The van der Waals surface area contributed by atoms with Crippen LogP contribution in [0.2, 0.25) is 0 Å². The minimum Gasteiger partial charge on any atom is -0.389 e. The Morgan fingerprint density at radius 1 is 1.24 bits per heavy atom. The lowest BCUT2D eigenvalue weighted by molar-refractivity contribution is -0.137. The summed E-state index contributed by atoms with van der Waals surface area (Å²) in [6.07, 6.45) is -5.07. The maximum atomic E-state index is 12.2. The van der Waals surface area contributed by atoms with Gasteiger partial charge < -0.3 is 15.6 Å². The Bertz CT molecular complexity index is 338. The van der Waals surface area contributed by atoms with Crippen LogP contribution in [0.1, 0.15) is 11.1 Å². The van der Waals surface area contributed by atoms with Crippen molar-refractivity contribution in [2.75, 3.05) is 13.2 Å². The highest BCUT2D eigenvalue weighted by molar-refractivity contribution is 5.24. The minimum atomic E-state index is -4.32. The first-order chi connectivity index (χ1) is 7.93. The van der Waals surface area contributed by atoms with Crippen molar-refractivity contribution in [1.82, 2.24) is 0 Å². The monoisotopic (exact) mass is 249 g/mol. The molecule has 0 saturated heterocycles. The first-order valence-electron chi connectivity index (χ1n) is 5.05. The summed E-state index contributed by atoms with van der Waals surface area (Å²) >= 11 is 0. The van der Waals surface area contributed by atoms with Crippen LogP contribution in [0.5, 0.6) is 0 Å². The van der Waals surface area contributed by atoms with Gasteiger partial charge in [0.1, 0.15) is 0 Å². The SMILES string of the molecule is NCC(O)COCc1ccc(C(F)(F)F)cc1. The van der Waals surface area contributed by atoms with Gasteiger partial charge in [0.2, 0.25) is 0 Å². The van der Waals surface area contributed by atoms with Crippen LogP contribution in [0.15, 0.2) is 24.3 Å². The van der Waals surface area contributed by atoms with Gasteiger partial charge in [-0.3, -0.25) is 0 Å². The fourth-order valence-corrected chi connectivity index (χ4v) is 1.17. The molecule has 1 aromatic rings. The molecule has 0 aliphatic rings. The lowest BCUT2D eigenvalue weighted by Crippen LogP contribution is -2.24. The molecular formula is C11H14F3NO2. The first kappa shape index (κ1) is 14.0. The van der Waals surface area contributed by atoms with Crippen LogP contribution < -0.4 is 5.73 Å². The van der Waals surface area contributed by atoms with Crippen LogP contribution in [0.4, 0.5) is 13.2 Å². The average molecular weight is 249 g/mol. The summed E-state index contributed by atoms with van der Waals surface area (Å²) in [5, 5.41) is 9.09. The van der Waals surface area contributed by atoms with Crippen LogP contribution in [0, 0.1) is 0 Å². The Kier molecular flexibility index (Phi) is 4.92. The molecule has 0 aromatic heterocycles. The highest BCUT2D eigenvalue weighted by atomic mass is 19.4. The molecule has 96 valence electrons. The highest BCUT2D eigenvalue weighted by Crippen LogP contribution is 2.29. The predicted molar refractivity (Wildman–Crippen MR) is 56.2 cm³/mol. The number of benzene rings is 1. The van der Waals surface area contributed by atoms with Gasteiger partial charge in [0, 0.05) is 6.54 Å². The molecule has 0 amide bonds. The van der Waals surface area contributed by atoms with Crippen LogP contribution in [0.3, 0.4) is 0 Å². The highest BCUT2D eigenvalue weighted by Gasteiger charge is 2.29. The zero-order valence-corrected chi connectivity index (χ0v) is 9.07. The van der Waals surface area contributed by atoms with Crippen molar-refractivity contribution in [3.8, 4) is 0 Å². The van der Waals surface area contributed by atoms with E-state index in [1.807, 2.05) is 0 Å². The second kappa shape index (κ2) is 6.00. The fraction of sp³-hybridized carbons (Fsp3) is 0.455. The lowest BCUT2D eigenvalue weighted by atomic mass is 10.1. The van der Waals surface area contributed by atoms with Gasteiger partial charge in [0.25, 0.3) is 0 Å². The van der Waals surface area contributed by atoms with Gasteiger partial charge in [-0.2, -0.15) is 13.2 Å². The number of aliphatic hydroxyl groups excluding tert-OH is 1. The summed E-state index contributed by atoms with van der Waals surface area (Å²) in [6.45, 7) is 0.305. The van der Waals surface area contributed by atoms with Crippen molar-refractivity contribution in [3.05, 3.63) is 35.4 Å². The molecule has 0 saturated carbocycles. The van der Waals surface area contributed by atoms with Gasteiger partial charge >= 0.3 is 6.18 Å². The molecule has 1 unspecified atom stereocenters. The molecule has 0 spiro atoms. The van der Waals surface area contributed by atoms with Gasteiger partial charge in [0.15, 0.2) is 0 Å². The normalized spacial score (nSPS) is 13.7. The molecule has 0 aliphatic carbocycles. The van der Waals surface area contributed by atoms with Gasteiger partial charge in [0.05, 0.1) is 24.9 Å². The molecule has 0 aliphatic heterocycles. The number of rotatable bonds is 5. The second-order valence-corrected chi connectivity index (χ2v) is 3.60. The molecule has 17 heavy (non-hydrogen) atoms. The molecule has 1 atom stereocenters. The number of halogens is 3. The summed E-state index contributed by atoms with van der Waals surface area (Å²) in [7, 11) is 0. The van der Waals surface area contributed by atoms with E-state index in [-0.39, 0.29) is 19.8 Å². The van der Waals surface area contributed by atoms with E-state index in [1.54, 1.807) is 0 Å². The zero-order valence-electron chi connectivity index (χ0n) is 9.07. The first-order valence-corrected chi connectivity index (χ1v) is 5.05. The maximum absolute atomic E-state index is 12.2. The van der Waals surface area contributed by atoms with E-state index in [1.165, 1.54) is 12.1 Å². The van der Waals surface area contributed by atoms with Gasteiger partial charge in [-0.15, -0.1) is 0 Å². The number of hydrogen-bond acceptors (Lipinski definition) is 3. The Hall–Kier alpha value is -1.11. The van der Waals surface area contributed by atoms with Crippen molar-refractivity contribution < 1.29 is 23.0 Å². The number of ether oxygens (including phenoxy) is 1. The Labute approximate surface area is 97.0 Å². The summed E-state index contributed by atoms with van der Waals surface area (Å²) in [5.74, 6) is 0. The van der Waals surface area contributed by atoms with E-state index < -0.39 is 17.8 Å². The van der Waals surface area contributed by atoms with E-state index >= 15 is 0 Å². The fourth-order valence-electron chi connectivity index (χ4n) is 1.17. The van der Waals surface area contributed by atoms with Crippen molar-refractivity contribution in [2.45, 2.75) is 18.9 Å². The Balaban J connectivity index is 2.46. The molecule has 1 aromatic carbocycles.